The minimum atomic E-state index is -0.189. The van der Waals surface area contributed by atoms with Crippen molar-refractivity contribution in [2.45, 2.75) is 0 Å². The van der Waals surface area contributed by atoms with Crippen molar-refractivity contribution in [1.82, 2.24) is 0 Å². The van der Waals surface area contributed by atoms with E-state index in [1.165, 1.54) is 11.3 Å². The number of nitrogens with zero attached hydrogens (tertiary/aromatic N) is 4. The molecule has 0 saturated heterocycles. The number of thiophene rings is 1. The number of hydrogen-bond acceptors (Lipinski definition) is 7. The van der Waals surface area contributed by atoms with Crippen LogP contribution in [-0.4, -0.2) is 36.5 Å². The van der Waals surface area contributed by atoms with Gasteiger partial charge in [0, 0.05) is 28.5 Å². The summed E-state index contributed by atoms with van der Waals surface area (Å²) in [6.45, 7) is 0.938. The van der Waals surface area contributed by atoms with E-state index in [1.54, 1.807) is 18.2 Å². The lowest BCUT2D eigenvalue weighted by Gasteiger charge is -2.22. The van der Waals surface area contributed by atoms with Crippen LogP contribution in [0.4, 0.5) is 5.69 Å². The van der Waals surface area contributed by atoms with E-state index in [0.29, 0.717) is 18.0 Å². The number of allylic oxidation sites excluding steroid dienone is 2. The van der Waals surface area contributed by atoms with E-state index in [1.807, 2.05) is 53.5 Å². The molecular weight excluding hydrogens is 372 g/mol. The summed E-state index contributed by atoms with van der Waals surface area (Å²) in [5.41, 5.74) is 1.79. The summed E-state index contributed by atoms with van der Waals surface area (Å²) in [5, 5.41) is 45.4. The van der Waals surface area contributed by atoms with Crippen molar-refractivity contribution in [3.8, 4) is 18.2 Å². The fourth-order valence-corrected chi connectivity index (χ4v) is 3.45. The monoisotopic (exact) mass is 390 g/mol. The third-order valence-corrected chi connectivity index (χ3v) is 4.96. The molecule has 0 radical (unpaired) electrons. The van der Waals surface area contributed by atoms with Crippen LogP contribution in [0.2, 0.25) is 0 Å². The Balaban J connectivity index is 2.16. The van der Waals surface area contributed by atoms with Gasteiger partial charge in [0.05, 0.1) is 18.8 Å². The molecule has 2 aromatic rings. The molecule has 0 saturated carbocycles. The zero-order chi connectivity index (χ0) is 20.4. The molecule has 0 bridgehead atoms. The summed E-state index contributed by atoms with van der Waals surface area (Å²) in [4.78, 5) is 3.38. The van der Waals surface area contributed by atoms with Gasteiger partial charge < -0.3 is 15.1 Å². The third kappa shape index (κ3) is 5.30. The highest BCUT2D eigenvalue weighted by atomic mass is 32.1. The van der Waals surface area contributed by atoms with Crippen LogP contribution in [0.25, 0.3) is 17.7 Å². The first-order valence-corrected chi connectivity index (χ1v) is 9.28. The van der Waals surface area contributed by atoms with E-state index < -0.39 is 0 Å². The first kappa shape index (κ1) is 20.9. The summed E-state index contributed by atoms with van der Waals surface area (Å²) in [6, 6.07) is 16.7. The molecule has 28 heavy (non-hydrogen) atoms. The SMILES string of the molecule is N#CC(C#N)=C(C#N)c1ccc(/C=C/c2ccc(N(CCO)CCO)cc2)s1. The summed E-state index contributed by atoms with van der Waals surface area (Å²) in [7, 11) is 0. The first-order valence-electron chi connectivity index (χ1n) is 8.46. The lowest BCUT2D eigenvalue weighted by molar-refractivity contribution is 0.281. The van der Waals surface area contributed by atoms with E-state index in [9.17, 15) is 5.26 Å². The number of benzene rings is 1. The Hall–Kier alpha value is -3.41. The smallest absolute Gasteiger partial charge is 0.148 e. The van der Waals surface area contributed by atoms with Gasteiger partial charge in [0.1, 0.15) is 23.8 Å². The van der Waals surface area contributed by atoms with Gasteiger partial charge in [0.15, 0.2) is 0 Å². The van der Waals surface area contributed by atoms with Crippen molar-refractivity contribution in [2.24, 2.45) is 0 Å². The summed E-state index contributed by atoms with van der Waals surface area (Å²) in [6.07, 6.45) is 3.82. The maximum absolute atomic E-state index is 9.22. The van der Waals surface area contributed by atoms with Crippen molar-refractivity contribution in [3.63, 3.8) is 0 Å². The second kappa shape index (κ2) is 10.7. The lowest BCUT2D eigenvalue weighted by atomic mass is 10.1. The van der Waals surface area contributed by atoms with Gasteiger partial charge in [-0.15, -0.1) is 11.3 Å². The van der Waals surface area contributed by atoms with Crippen molar-refractivity contribution >= 4 is 34.7 Å². The van der Waals surface area contributed by atoms with Gasteiger partial charge in [-0.2, -0.15) is 15.8 Å². The summed E-state index contributed by atoms with van der Waals surface area (Å²) in [5.74, 6) is 0. The number of aliphatic hydroxyl groups excluding tert-OH is 2. The molecule has 7 heteroatoms. The minimum absolute atomic E-state index is 0.0147. The molecule has 6 nitrogen and oxygen atoms in total. The fourth-order valence-electron chi connectivity index (χ4n) is 2.53. The Morgan fingerprint density at radius 1 is 0.893 bits per heavy atom. The predicted molar refractivity (Wildman–Crippen MR) is 110 cm³/mol. The van der Waals surface area contributed by atoms with Gasteiger partial charge in [-0.3, -0.25) is 0 Å². The zero-order valence-electron chi connectivity index (χ0n) is 15.0. The normalized spacial score (nSPS) is 10.1. The van der Waals surface area contributed by atoms with Gasteiger partial charge in [-0.05, 0) is 35.9 Å². The van der Waals surface area contributed by atoms with Crippen LogP contribution in [0.15, 0.2) is 42.0 Å². The molecule has 1 aromatic carbocycles. The molecule has 2 rings (SSSR count). The molecule has 2 N–H and O–H groups in total. The van der Waals surface area contributed by atoms with E-state index in [-0.39, 0.29) is 24.4 Å². The van der Waals surface area contributed by atoms with E-state index in [0.717, 1.165) is 16.1 Å². The fraction of sp³-hybridized carbons (Fsp3) is 0.190. The molecule has 0 unspecified atom stereocenters. The number of aliphatic hydroxyl groups is 2. The standard InChI is InChI=1S/C21H18N4O2S/c22-13-17(14-23)20(15-24)21-8-7-19(28-21)6-3-16-1-4-18(5-2-16)25(9-11-26)10-12-27/h1-8,26-27H,9-12H2/b6-3+. The van der Waals surface area contributed by atoms with Crippen LogP contribution in [0, 0.1) is 34.0 Å². The van der Waals surface area contributed by atoms with Crippen molar-refractivity contribution in [1.29, 1.82) is 15.8 Å². The van der Waals surface area contributed by atoms with Crippen LogP contribution in [0.5, 0.6) is 0 Å². The van der Waals surface area contributed by atoms with Crippen LogP contribution >= 0.6 is 11.3 Å². The van der Waals surface area contributed by atoms with E-state index >= 15 is 0 Å². The number of nitriles is 3. The molecule has 0 fully saturated rings. The molecule has 1 aromatic heterocycles. The maximum Gasteiger partial charge on any atom is 0.148 e. The Morgan fingerprint density at radius 3 is 2.07 bits per heavy atom. The van der Waals surface area contributed by atoms with Gasteiger partial charge in [-0.25, -0.2) is 0 Å². The van der Waals surface area contributed by atoms with Crippen LogP contribution in [0.3, 0.4) is 0 Å². The molecule has 0 spiro atoms. The second-order valence-electron chi connectivity index (χ2n) is 5.65. The molecule has 1 heterocycles. The molecule has 0 aliphatic carbocycles. The van der Waals surface area contributed by atoms with E-state index in [2.05, 4.69) is 0 Å². The Kier molecular flexibility index (Phi) is 7.96. The summed E-state index contributed by atoms with van der Waals surface area (Å²) >= 11 is 1.33. The molecular formula is C21H18N4O2S. The average Bonchev–Trinajstić information content (AvgIpc) is 3.19. The Labute approximate surface area is 167 Å². The predicted octanol–water partition coefficient (Wildman–Crippen LogP) is 3.03. The zero-order valence-corrected chi connectivity index (χ0v) is 15.9. The van der Waals surface area contributed by atoms with E-state index in [4.69, 9.17) is 20.7 Å². The maximum atomic E-state index is 9.22. The topological polar surface area (TPSA) is 115 Å². The quantitative estimate of drug-likeness (QED) is 0.670. The van der Waals surface area contributed by atoms with Gasteiger partial charge in [0.2, 0.25) is 0 Å². The summed E-state index contributed by atoms with van der Waals surface area (Å²) < 4.78 is 0. The number of rotatable bonds is 8. The van der Waals surface area contributed by atoms with Crippen molar-refractivity contribution < 1.29 is 10.2 Å². The molecule has 0 amide bonds. The van der Waals surface area contributed by atoms with Gasteiger partial charge >= 0.3 is 0 Å². The third-order valence-electron chi connectivity index (χ3n) is 3.90. The largest absolute Gasteiger partial charge is 0.395 e. The molecule has 140 valence electrons. The average molecular weight is 390 g/mol. The Morgan fingerprint density at radius 2 is 1.54 bits per heavy atom. The van der Waals surface area contributed by atoms with Crippen molar-refractivity contribution in [2.75, 3.05) is 31.2 Å². The van der Waals surface area contributed by atoms with Crippen molar-refractivity contribution in [3.05, 3.63) is 57.3 Å². The minimum Gasteiger partial charge on any atom is -0.395 e. The second-order valence-corrected chi connectivity index (χ2v) is 6.76. The molecule has 0 atom stereocenters. The first-order chi connectivity index (χ1) is 13.7. The van der Waals surface area contributed by atoms with Gasteiger partial charge in [0.25, 0.3) is 0 Å². The number of anilines is 1. The van der Waals surface area contributed by atoms with Gasteiger partial charge in [-0.1, -0.05) is 18.2 Å². The molecule has 0 aliphatic heterocycles. The highest BCUT2D eigenvalue weighted by molar-refractivity contribution is 7.14. The highest BCUT2D eigenvalue weighted by Gasteiger charge is 2.11. The molecule has 0 aliphatic rings. The Bertz CT molecular complexity index is 963. The number of hydrogen-bond donors (Lipinski definition) is 2. The highest BCUT2D eigenvalue weighted by Crippen LogP contribution is 2.27. The van der Waals surface area contributed by atoms with Crippen LogP contribution in [-0.2, 0) is 0 Å². The lowest BCUT2D eigenvalue weighted by Crippen LogP contribution is -2.29. The van der Waals surface area contributed by atoms with Crippen LogP contribution in [0.1, 0.15) is 15.3 Å². The van der Waals surface area contributed by atoms with Crippen LogP contribution < -0.4 is 4.90 Å².